The normalized spacial score (nSPS) is 11.2. The number of amides is 1. The summed E-state index contributed by atoms with van der Waals surface area (Å²) in [7, 11) is 1.62. The first-order valence-corrected chi connectivity index (χ1v) is 12.3. The fourth-order valence-corrected chi connectivity index (χ4v) is 4.84. The molecule has 7 nitrogen and oxygen atoms in total. The van der Waals surface area contributed by atoms with Gasteiger partial charge in [0.1, 0.15) is 27.2 Å². The zero-order valence-electron chi connectivity index (χ0n) is 19.0. The van der Waals surface area contributed by atoms with Crippen LogP contribution in [0.5, 0.6) is 11.5 Å². The molecule has 2 heterocycles. The number of alkyl halides is 3. The first kappa shape index (κ1) is 25.5. The molecule has 4 aromatic rings. The molecule has 0 aliphatic rings. The van der Waals surface area contributed by atoms with Crippen molar-refractivity contribution in [1.82, 2.24) is 15.2 Å². The number of thioether (sulfide) groups is 1. The maximum absolute atomic E-state index is 12.2. The number of rotatable bonds is 8. The fourth-order valence-electron chi connectivity index (χ4n) is 3.17. The van der Waals surface area contributed by atoms with E-state index in [9.17, 15) is 18.0 Å². The van der Waals surface area contributed by atoms with Gasteiger partial charge in [-0.05, 0) is 55.5 Å². The lowest BCUT2D eigenvalue weighted by Gasteiger charge is -2.09. The number of para-hydroxylation sites is 1. The first-order chi connectivity index (χ1) is 17.2. The first-order valence-electron chi connectivity index (χ1n) is 10.5. The Labute approximate surface area is 212 Å². The maximum atomic E-state index is 12.2. The van der Waals surface area contributed by atoms with Crippen molar-refractivity contribution in [3.05, 3.63) is 66.4 Å². The zero-order valence-corrected chi connectivity index (χ0v) is 20.6. The van der Waals surface area contributed by atoms with Gasteiger partial charge in [-0.1, -0.05) is 23.9 Å². The largest absolute Gasteiger partial charge is 0.573 e. The van der Waals surface area contributed by atoms with E-state index in [-0.39, 0.29) is 17.4 Å². The molecule has 0 fully saturated rings. The molecule has 0 aliphatic heterocycles. The average molecular weight is 533 g/mol. The number of anilines is 1. The number of nitrogens with one attached hydrogen (secondary N) is 1. The zero-order chi connectivity index (χ0) is 25.7. The number of carbonyl (C=O) groups excluding carboxylic acids is 1. The highest BCUT2D eigenvalue weighted by Gasteiger charge is 2.31. The van der Waals surface area contributed by atoms with Crippen LogP contribution in [0.1, 0.15) is 5.69 Å². The summed E-state index contributed by atoms with van der Waals surface area (Å²) in [5, 5.41) is 12.5. The Kier molecular flexibility index (Phi) is 7.75. The molecule has 0 radical (unpaired) electrons. The Morgan fingerprint density at radius 1 is 1.06 bits per heavy atom. The second-order valence-corrected chi connectivity index (χ2v) is 9.29. The monoisotopic (exact) mass is 532 g/mol. The molecule has 186 valence electrons. The van der Waals surface area contributed by atoms with Gasteiger partial charge in [0.15, 0.2) is 0 Å². The van der Waals surface area contributed by atoms with Gasteiger partial charge in [0.25, 0.3) is 0 Å². The molecule has 0 saturated heterocycles. The van der Waals surface area contributed by atoms with E-state index in [0.29, 0.717) is 16.4 Å². The Hall–Kier alpha value is -3.64. The van der Waals surface area contributed by atoms with E-state index in [1.807, 2.05) is 37.3 Å². The summed E-state index contributed by atoms with van der Waals surface area (Å²) in [5.41, 5.74) is 2.74. The van der Waals surface area contributed by atoms with Gasteiger partial charge < -0.3 is 14.8 Å². The second kappa shape index (κ2) is 11.0. The molecule has 36 heavy (non-hydrogen) atoms. The summed E-state index contributed by atoms with van der Waals surface area (Å²) in [6, 6.07) is 16.1. The number of carbonyl (C=O) groups is 1. The smallest absolute Gasteiger partial charge is 0.496 e. The maximum Gasteiger partial charge on any atom is 0.573 e. The Morgan fingerprint density at radius 3 is 2.47 bits per heavy atom. The van der Waals surface area contributed by atoms with Crippen molar-refractivity contribution in [3.63, 3.8) is 0 Å². The predicted molar refractivity (Wildman–Crippen MR) is 132 cm³/mol. The van der Waals surface area contributed by atoms with Crippen LogP contribution in [0.2, 0.25) is 0 Å². The molecular weight excluding hydrogens is 513 g/mol. The van der Waals surface area contributed by atoms with Crippen molar-refractivity contribution in [2.24, 2.45) is 0 Å². The molecule has 0 atom stereocenters. The van der Waals surface area contributed by atoms with Crippen molar-refractivity contribution < 1.29 is 27.4 Å². The van der Waals surface area contributed by atoms with Crippen molar-refractivity contribution in [2.45, 2.75) is 18.3 Å². The second-order valence-electron chi connectivity index (χ2n) is 7.30. The average Bonchev–Trinajstić information content (AvgIpc) is 3.24. The summed E-state index contributed by atoms with van der Waals surface area (Å²) in [6.07, 6.45) is -4.77. The van der Waals surface area contributed by atoms with Crippen molar-refractivity contribution in [2.75, 3.05) is 18.2 Å². The summed E-state index contributed by atoms with van der Waals surface area (Å²) in [5.74, 6) is 0.0814. The molecule has 2 aromatic carbocycles. The molecule has 0 saturated carbocycles. The van der Waals surface area contributed by atoms with Gasteiger partial charge in [-0.2, -0.15) is 0 Å². The van der Waals surface area contributed by atoms with Gasteiger partial charge in [-0.15, -0.1) is 34.7 Å². The molecule has 0 unspecified atom stereocenters. The minimum absolute atomic E-state index is 0.0480. The molecule has 1 amide bonds. The highest BCUT2D eigenvalue weighted by atomic mass is 32.2. The van der Waals surface area contributed by atoms with E-state index >= 15 is 0 Å². The van der Waals surface area contributed by atoms with Gasteiger partial charge in [0.2, 0.25) is 5.91 Å². The van der Waals surface area contributed by atoms with Crippen LogP contribution in [-0.2, 0) is 4.79 Å². The highest BCUT2D eigenvalue weighted by molar-refractivity contribution is 7.99. The number of methoxy groups -OCH3 is 1. The number of aromatic nitrogens is 3. The van der Waals surface area contributed by atoms with E-state index in [1.54, 1.807) is 13.2 Å². The quantitative estimate of drug-likeness (QED) is 0.270. The van der Waals surface area contributed by atoms with Gasteiger partial charge in [0, 0.05) is 5.69 Å². The van der Waals surface area contributed by atoms with Crippen LogP contribution in [0.15, 0.2) is 65.7 Å². The summed E-state index contributed by atoms with van der Waals surface area (Å²) in [4.78, 5) is 17.8. The Balaban J connectivity index is 1.35. The standard InChI is InChI=1S/C24H19F3N4O3S2/c1-14-22(36-23(28-14)17-5-3-4-6-19(17)33-2)18-11-12-21(31-30-18)35-13-20(32)29-15-7-9-16(10-8-15)34-24(25,26)27/h3-12H,13H2,1-2H3,(H,29,32). The molecule has 0 bridgehead atoms. The molecule has 1 N–H and O–H groups in total. The number of hydrogen-bond acceptors (Lipinski definition) is 8. The van der Waals surface area contributed by atoms with Crippen molar-refractivity contribution in [3.8, 4) is 32.6 Å². The van der Waals surface area contributed by atoms with Crippen LogP contribution in [0.3, 0.4) is 0 Å². The van der Waals surface area contributed by atoms with Gasteiger partial charge in [0.05, 0.1) is 29.0 Å². The van der Waals surface area contributed by atoms with Gasteiger partial charge >= 0.3 is 6.36 Å². The minimum atomic E-state index is -4.77. The number of aryl methyl sites for hydroxylation is 1. The lowest BCUT2D eigenvalue weighted by molar-refractivity contribution is -0.274. The molecule has 4 rings (SSSR count). The highest BCUT2D eigenvalue weighted by Crippen LogP contribution is 2.38. The van der Waals surface area contributed by atoms with Gasteiger partial charge in [-0.25, -0.2) is 4.98 Å². The van der Waals surface area contributed by atoms with E-state index in [1.165, 1.54) is 35.2 Å². The van der Waals surface area contributed by atoms with E-state index in [0.717, 1.165) is 39.0 Å². The number of nitrogens with zero attached hydrogens (tertiary/aromatic N) is 3. The van der Waals surface area contributed by atoms with Crippen LogP contribution in [0, 0.1) is 6.92 Å². The predicted octanol–water partition coefficient (Wildman–Crippen LogP) is 6.21. The number of thiazole rings is 1. The van der Waals surface area contributed by atoms with Crippen molar-refractivity contribution >= 4 is 34.7 Å². The number of ether oxygens (including phenoxy) is 2. The van der Waals surface area contributed by atoms with Crippen LogP contribution >= 0.6 is 23.1 Å². The topological polar surface area (TPSA) is 86.2 Å². The van der Waals surface area contributed by atoms with Gasteiger partial charge in [-0.3, -0.25) is 4.79 Å². The summed E-state index contributed by atoms with van der Waals surface area (Å²) >= 11 is 2.67. The number of hydrogen-bond donors (Lipinski definition) is 1. The van der Waals surface area contributed by atoms with Crippen molar-refractivity contribution in [1.29, 1.82) is 0 Å². The summed E-state index contributed by atoms with van der Waals surface area (Å²) in [6.45, 7) is 1.90. The molecule has 12 heteroatoms. The molecule has 2 aromatic heterocycles. The van der Waals surface area contributed by atoms with Crippen LogP contribution in [0.4, 0.5) is 18.9 Å². The minimum Gasteiger partial charge on any atom is -0.496 e. The third-order valence-electron chi connectivity index (χ3n) is 4.73. The van der Waals surface area contributed by atoms with E-state index in [4.69, 9.17) is 4.74 Å². The Morgan fingerprint density at radius 2 is 1.81 bits per heavy atom. The molecule has 0 spiro atoms. The molecular formula is C24H19F3N4O3S2. The van der Waals surface area contributed by atoms with Crippen LogP contribution < -0.4 is 14.8 Å². The van der Waals surface area contributed by atoms with E-state index < -0.39 is 6.36 Å². The number of benzene rings is 2. The molecule has 0 aliphatic carbocycles. The SMILES string of the molecule is COc1ccccc1-c1nc(C)c(-c2ccc(SCC(=O)Nc3ccc(OC(F)(F)F)cc3)nn2)s1. The third-order valence-corrected chi connectivity index (χ3v) is 6.86. The third kappa shape index (κ3) is 6.52. The summed E-state index contributed by atoms with van der Waals surface area (Å²) < 4.78 is 46.0. The Bertz CT molecular complexity index is 1340. The lowest BCUT2D eigenvalue weighted by Crippen LogP contribution is -2.17. The van der Waals surface area contributed by atoms with Crippen LogP contribution in [0.25, 0.3) is 21.1 Å². The van der Waals surface area contributed by atoms with Crippen LogP contribution in [-0.4, -0.2) is 40.3 Å². The number of halogens is 3. The van der Waals surface area contributed by atoms with E-state index in [2.05, 4.69) is 25.2 Å². The lowest BCUT2D eigenvalue weighted by atomic mass is 10.2. The fraction of sp³-hybridized carbons (Fsp3) is 0.167.